The molecule has 1 unspecified atom stereocenters. The number of nitrogen functional groups attached to an aromatic ring is 1. The van der Waals surface area contributed by atoms with Crippen molar-refractivity contribution in [3.63, 3.8) is 0 Å². The molecule has 0 spiro atoms. The van der Waals surface area contributed by atoms with Crippen molar-refractivity contribution < 1.29 is 4.74 Å². The summed E-state index contributed by atoms with van der Waals surface area (Å²) < 4.78 is 5.88. The highest BCUT2D eigenvalue weighted by molar-refractivity contribution is 5.79. The Hall–Kier alpha value is -1.71. The van der Waals surface area contributed by atoms with Crippen LogP contribution in [0.3, 0.4) is 0 Å². The number of anilines is 1. The average Bonchev–Trinajstić information content (AvgIpc) is 2.38. The number of ether oxygens (including phenoxy) is 1. The largest absolute Gasteiger partial charge is 0.457 e. The molecule has 4 N–H and O–H groups in total. The van der Waals surface area contributed by atoms with Crippen LogP contribution in [0.2, 0.25) is 0 Å². The van der Waals surface area contributed by atoms with Gasteiger partial charge >= 0.3 is 0 Å². The zero-order chi connectivity index (χ0) is 13.9. The van der Waals surface area contributed by atoms with Gasteiger partial charge in [0.1, 0.15) is 6.10 Å². The van der Waals surface area contributed by atoms with Gasteiger partial charge in [0, 0.05) is 17.2 Å². The summed E-state index contributed by atoms with van der Waals surface area (Å²) in [5.74, 6) is 0.518. The van der Waals surface area contributed by atoms with Crippen LogP contribution in [0.15, 0.2) is 23.2 Å². The number of benzene rings is 1. The summed E-state index contributed by atoms with van der Waals surface area (Å²) in [4.78, 5) is 4.29. The molecule has 4 nitrogen and oxygen atoms in total. The number of nitrogens with zero attached hydrogens (tertiary/aromatic N) is 1. The Balaban J connectivity index is 1.89. The molecule has 2 aliphatic rings. The molecule has 1 aliphatic carbocycles. The third-order valence-corrected chi connectivity index (χ3v) is 4.41. The van der Waals surface area contributed by atoms with E-state index in [1.165, 1.54) is 44.9 Å². The maximum absolute atomic E-state index is 5.93. The molecule has 0 aromatic heterocycles. The number of hydrogen-bond acceptors (Lipinski definition) is 4. The lowest BCUT2D eigenvalue weighted by molar-refractivity contribution is 0.0984. The molecule has 1 heterocycles. The zero-order valence-corrected chi connectivity index (χ0v) is 11.8. The van der Waals surface area contributed by atoms with Gasteiger partial charge in [0.05, 0.1) is 5.69 Å². The molecule has 0 saturated heterocycles. The molecule has 20 heavy (non-hydrogen) atoms. The fourth-order valence-corrected chi connectivity index (χ4v) is 3.38. The first-order chi connectivity index (χ1) is 9.74. The summed E-state index contributed by atoms with van der Waals surface area (Å²) in [6, 6.07) is 6.09. The van der Waals surface area contributed by atoms with Gasteiger partial charge in [-0.1, -0.05) is 32.1 Å². The first-order valence-electron chi connectivity index (χ1n) is 7.64. The van der Waals surface area contributed by atoms with E-state index in [1.54, 1.807) is 0 Å². The zero-order valence-electron chi connectivity index (χ0n) is 11.8. The van der Waals surface area contributed by atoms with E-state index in [2.05, 4.69) is 4.99 Å². The maximum Gasteiger partial charge on any atom is 0.287 e. The van der Waals surface area contributed by atoms with Gasteiger partial charge in [-0.25, -0.2) is 0 Å². The van der Waals surface area contributed by atoms with Crippen molar-refractivity contribution in [1.29, 1.82) is 0 Å². The lowest BCUT2D eigenvalue weighted by atomic mass is 9.83. The van der Waals surface area contributed by atoms with E-state index in [0.29, 0.717) is 5.92 Å². The Morgan fingerprint density at radius 1 is 1.00 bits per heavy atom. The number of fused-ring (bicyclic) bond motifs is 1. The second-order valence-corrected chi connectivity index (χ2v) is 5.91. The molecule has 3 rings (SSSR count). The number of rotatable bonds is 1. The molecule has 1 aliphatic heterocycles. The molecule has 1 atom stereocenters. The summed E-state index contributed by atoms with van der Waals surface area (Å²) in [5, 5.41) is 0. The highest BCUT2D eigenvalue weighted by Gasteiger charge is 2.30. The van der Waals surface area contributed by atoms with Gasteiger partial charge < -0.3 is 16.2 Å². The van der Waals surface area contributed by atoms with Crippen LogP contribution >= 0.6 is 0 Å². The number of hydrogen-bond donors (Lipinski definition) is 2. The monoisotopic (exact) mass is 273 g/mol. The van der Waals surface area contributed by atoms with Crippen molar-refractivity contribution in [2.75, 3.05) is 5.73 Å². The molecule has 108 valence electrons. The minimum Gasteiger partial charge on any atom is -0.457 e. The van der Waals surface area contributed by atoms with Crippen LogP contribution < -0.4 is 11.5 Å². The molecule has 0 bridgehead atoms. The van der Waals surface area contributed by atoms with Crippen molar-refractivity contribution in [2.24, 2.45) is 16.6 Å². The van der Waals surface area contributed by atoms with Gasteiger partial charge in [-0.05, 0) is 31.0 Å². The van der Waals surface area contributed by atoms with Crippen LogP contribution in [-0.4, -0.2) is 6.02 Å². The molecular formula is C16H23N3O. The Morgan fingerprint density at radius 3 is 2.45 bits per heavy atom. The van der Waals surface area contributed by atoms with Crippen molar-refractivity contribution in [1.82, 2.24) is 0 Å². The quantitative estimate of drug-likeness (QED) is 0.767. The van der Waals surface area contributed by atoms with Gasteiger partial charge in [-0.3, -0.25) is 0 Å². The molecule has 1 saturated carbocycles. The van der Waals surface area contributed by atoms with Crippen molar-refractivity contribution in [3.8, 4) is 0 Å². The summed E-state index contributed by atoms with van der Waals surface area (Å²) in [6.07, 6.45) is 9.00. The standard InChI is InChI=1S/C16H23N3O/c17-12-8-9-14-13(10-12)15(20-16(18)19-14)11-6-4-2-1-3-5-7-11/h8-11,15H,1-7,17H2,(H2,18,19). The van der Waals surface area contributed by atoms with Crippen LogP contribution in [0.5, 0.6) is 0 Å². The topological polar surface area (TPSA) is 73.6 Å². The highest BCUT2D eigenvalue weighted by atomic mass is 16.5. The summed E-state index contributed by atoms with van der Waals surface area (Å²) in [6.45, 7) is 0. The Labute approximate surface area is 120 Å². The van der Waals surface area contributed by atoms with Crippen LogP contribution in [-0.2, 0) is 4.74 Å². The predicted octanol–water partition coefficient (Wildman–Crippen LogP) is 3.65. The van der Waals surface area contributed by atoms with E-state index >= 15 is 0 Å². The van der Waals surface area contributed by atoms with Crippen LogP contribution in [0, 0.1) is 5.92 Å². The number of amidine groups is 1. The van der Waals surface area contributed by atoms with Gasteiger partial charge in [-0.15, -0.1) is 0 Å². The van der Waals surface area contributed by atoms with Gasteiger partial charge in [0.15, 0.2) is 0 Å². The maximum atomic E-state index is 5.93. The van der Waals surface area contributed by atoms with Crippen LogP contribution in [0.1, 0.15) is 56.6 Å². The molecule has 0 amide bonds. The van der Waals surface area contributed by atoms with E-state index in [0.717, 1.165) is 16.9 Å². The van der Waals surface area contributed by atoms with E-state index < -0.39 is 0 Å². The van der Waals surface area contributed by atoms with E-state index in [-0.39, 0.29) is 12.1 Å². The summed E-state index contributed by atoms with van der Waals surface area (Å²) >= 11 is 0. The normalized spacial score (nSPS) is 24.0. The fraction of sp³-hybridized carbons (Fsp3) is 0.562. The van der Waals surface area contributed by atoms with Crippen molar-refractivity contribution in [3.05, 3.63) is 23.8 Å². The van der Waals surface area contributed by atoms with E-state index in [1.807, 2.05) is 18.2 Å². The first-order valence-corrected chi connectivity index (χ1v) is 7.64. The first kappa shape index (κ1) is 13.3. The summed E-state index contributed by atoms with van der Waals surface area (Å²) in [7, 11) is 0. The van der Waals surface area contributed by atoms with Crippen LogP contribution in [0.25, 0.3) is 0 Å². The molecular weight excluding hydrogens is 250 g/mol. The number of aliphatic imine (C=N–C) groups is 1. The molecule has 1 aromatic rings. The Morgan fingerprint density at radius 2 is 1.70 bits per heavy atom. The minimum absolute atomic E-state index is 0.0177. The Kier molecular flexibility index (Phi) is 3.81. The third-order valence-electron chi connectivity index (χ3n) is 4.41. The molecule has 1 aromatic carbocycles. The van der Waals surface area contributed by atoms with E-state index in [9.17, 15) is 0 Å². The highest BCUT2D eigenvalue weighted by Crippen LogP contribution is 2.42. The second kappa shape index (κ2) is 5.73. The lowest BCUT2D eigenvalue weighted by Crippen LogP contribution is -2.28. The van der Waals surface area contributed by atoms with Crippen molar-refractivity contribution >= 4 is 17.4 Å². The van der Waals surface area contributed by atoms with Crippen molar-refractivity contribution in [2.45, 2.75) is 51.0 Å². The van der Waals surface area contributed by atoms with Gasteiger partial charge in [-0.2, -0.15) is 4.99 Å². The lowest BCUT2D eigenvalue weighted by Gasteiger charge is -2.32. The second-order valence-electron chi connectivity index (χ2n) is 5.91. The molecule has 4 heteroatoms. The molecule has 1 fully saturated rings. The summed E-state index contributed by atoms with van der Waals surface area (Å²) in [5.41, 5.74) is 14.6. The minimum atomic E-state index is 0.0177. The average molecular weight is 273 g/mol. The van der Waals surface area contributed by atoms with E-state index in [4.69, 9.17) is 16.2 Å². The third kappa shape index (κ3) is 2.74. The number of nitrogens with two attached hydrogens (primary N) is 2. The SMILES string of the molecule is NC1=Nc2ccc(N)cc2C(C2CCCCCCC2)O1. The smallest absolute Gasteiger partial charge is 0.287 e. The fourth-order valence-electron chi connectivity index (χ4n) is 3.38. The Bertz CT molecular complexity index is 504. The van der Waals surface area contributed by atoms with Crippen LogP contribution in [0.4, 0.5) is 11.4 Å². The molecule has 0 radical (unpaired) electrons. The predicted molar refractivity (Wildman–Crippen MR) is 81.8 cm³/mol. The van der Waals surface area contributed by atoms with Gasteiger partial charge in [0.25, 0.3) is 6.02 Å². The van der Waals surface area contributed by atoms with Gasteiger partial charge in [0.2, 0.25) is 0 Å².